The molecule has 0 spiro atoms. The van der Waals surface area contributed by atoms with E-state index in [0.717, 1.165) is 12.8 Å². The second-order valence-corrected chi connectivity index (χ2v) is 5.50. The maximum absolute atomic E-state index is 11.3. The fourth-order valence-corrected chi connectivity index (χ4v) is 2.90. The highest BCUT2D eigenvalue weighted by Gasteiger charge is 2.40. The van der Waals surface area contributed by atoms with Crippen molar-refractivity contribution in [3.63, 3.8) is 0 Å². The zero-order chi connectivity index (χ0) is 8.77. The Morgan fingerprint density at radius 2 is 1.83 bits per heavy atom. The van der Waals surface area contributed by atoms with Crippen LogP contribution in [0.1, 0.15) is 25.7 Å². The lowest BCUT2D eigenvalue weighted by Crippen LogP contribution is -2.43. The molecule has 0 aliphatic heterocycles. The van der Waals surface area contributed by atoms with Crippen molar-refractivity contribution >= 4 is 15.8 Å². The molecule has 0 atom stereocenters. The standard InChI is InChI=1S/C7H11NO3S/c9-6-3-7(4-6)12(10,11)8-5-1-2-5/h5,7-8H,1-4H2. The van der Waals surface area contributed by atoms with Crippen molar-refractivity contribution in [1.82, 2.24) is 4.72 Å². The highest BCUT2D eigenvalue weighted by molar-refractivity contribution is 7.90. The van der Waals surface area contributed by atoms with Crippen LogP contribution in [-0.2, 0) is 14.8 Å². The summed E-state index contributed by atoms with van der Waals surface area (Å²) in [7, 11) is -3.16. The number of hydrogen-bond acceptors (Lipinski definition) is 3. The molecule has 0 bridgehead atoms. The van der Waals surface area contributed by atoms with Crippen molar-refractivity contribution in [2.45, 2.75) is 37.0 Å². The SMILES string of the molecule is O=C1CC(S(=O)(=O)NC2CC2)C1. The molecule has 2 fully saturated rings. The maximum Gasteiger partial charge on any atom is 0.215 e. The first-order valence-electron chi connectivity index (χ1n) is 4.11. The fraction of sp³-hybridized carbons (Fsp3) is 0.857. The quantitative estimate of drug-likeness (QED) is 0.668. The molecule has 0 aromatic carbocycles. The molecule has 12 heavy (non-hydrogen) atoms. The molecule has 0 aromatic heterocycles. The molecule has 0 aromatic rings. The van der Waals surface area contributed by atoms with Gasteiger partial charge in [-0.25, -0.2) is 13.1 Å². The average Bonchev–Trinajstić information content (AvgIpc) is 2.63. The van der Waals surface area contributed by atoms with E-state index >= 15 is 0 Å². The van der Waals surface area contributed by atoms with Gasteiger partial charge in [-0.1, -0.05) is 0 Å². The molecule has 4 nitrogen and oxygen atoms in total. The molecule has 0 amide bonds. The predicted octanol–water partition coefficient (Wildman–Crippen LogP) is -0.200. The number of carbonyl (C=O) groups excluding carboxylic acids is 1. The summed E-state index contributed by atoms with van der Waals surface area (Å²) in [4.78, 5) is 10.6. The summed E-state index contributed by atoms with van der Waals surface area (Å²) in [6.07, 6.45) is 2.31. The number of sulfonamides is 1. The number of rotatable bonds is 3. The van der Waals surface area contributed by atoms with E-state index in [-0.39, 0.29) is 24.7 Å². The van der Waals surface area contributed by atoms with Gasteiger partial charge >= 0.3 is 0 Å². The van der Waals surface area contributed by atoms with Crippen molar-refractivity contribution in [1.29, 1.82) is 0 Å². The third-order valence-corrected chi connectivity index (χ3v) is 4.13. The van der Waals surface area contributed by atoms with Gasteiger partial charge < -0.3 is 0 Å². The van der Waals surface area contributed by atoms with Crippen molar-refractivity contribution in [2.75, 3.05) is 0 Å². The summed E-state index contributed by atoms with van der Waals surface area (Å²) >= 11 is 0. The molecule has 2 saturated carbocycles. The van der Waals surface area contributed by atoms with Crippen LogP contribution in [0.3, 0.4) is 0 Å². The monoisotopic (exact) mass is 189 g/mol. The van der Waals surface area contributed by atoms with E-state index in [9.17, 15) is 13.2 Å². The maximum atomic E-state index is 11.3. The lowest BCUT2D eigenvalue weighted by molar-refractivity contribution is -0.123. The third kappa shape index (κ3) is 1.51. The predicted molar refractivity (Wildman–Crippen MR) is 43.1 cm³/mol. The molecule has 2 rings (SSSR count). The molecule has 0 radical (unpaired) electrons. The Hall–Kier alpha value is -0.420. The summed E-state index contributed by atoms with van der Waals surface area (Å²) in [5, 5.41) is -0.439. The largest absolute Gasteiger partial charge is 0.300 e. The van der Waals surface area contributed by atoms with E-state index in [1.807, 2.05) is 0 Å². The molecule has 1 N–H and O–H groups in total. The van der Waals surface area contributed by atoms with E-state index in [0.29, 0.717) is 0 Å². The number of carbonyl (C=O) groups is 1. The molecule has 0 saturated heterocycles. The first-order valence-corrected chi connectivity index (χ1v) is 5.65. The van der Waals surface area contributed by atoms with Crippen molar-refractivity contribution in [3.05, 3.63) is 0 Å². The zero-order valence-corrected chi connectivity index (χ0v) is 7.43. The highest BCUT2D eigenvalue weighted by atomic mass is 32.2. The van der Waals surface area contributed by atoms with Crippen LogP contribution in [0.4, 0.5) is 0 Å². The van der Waals surface area contributed by atoms with E-state index in [1.54, 1.807) is 0 Å². The molecule has 5 heteroatoms. The minimum atomic E-state index is -3.16. The van der Waals surface area contributed by atoms with Crippen molar-refractivity contribution in [3.8, 4) is 0 Å². The topological polar surface area (TPSA) is 63.2 Å². The van der Waals surface area contributed by atoms with E-state index < -0.39 is 15.3 Å². The van der Waals surface area contributed by atoms with Crippen molar-refractivity contribution < 1.29 is 13.2 Å². The van der Waals surface area contributed by atoms with Gasteiger partial charge in [-0.3, -0.25) is 4.79 Å². The zero-order valence-electron chi connectivity index (χ0n) is 6.62. The Balaban J connectivity index is 1.95. The Labute approximate surface area is 71.4 Å². The van der Waals surface area contributed by atoms with Crippen LogP contribution in [0.15, 0.2) is 0 Å². The number of Topliss-reactive ketones (excluding diaryl/α,β-unsaturated/α-hetero) is 1. The normalized spacial score (nSPS) is 25.5. The number of nitrogens with one attached hydrogen (secondary N) is 1. The van der Waals surface area contributed by atoms with Crippen LogP contribution < -0.4 is 4.72 Å². The van der Waals surface area contributed by atoms with E-state index in [2.05, 4.69) is 4.72 Å². The fourth-order valence-electron chi connectivity index (χ4n) is 1.20. The molecule has 0 unspecified atom stereocenters. The lowest BCUT2D eigenvalue weighted by Gasteiger charge is -2.23. The second-order valence-electron chi connectivity index (χ2n) is 3.51. The van der Waals surface area contributed by atoms with Gasteiger partial charge in [0.05, 0.1) is 5.25 Å². The second kappa shape index (κ2) is 2.53. The Morgan fingerprint density at radius 3 is 2.25 bits per heavy atom. The average molecular weight is 189 g/mol. The number of hydrogen-bond donors (Lipinski definition) is 1. The molecule has 2 aliphatic rings. The van der Waals surface area contributed by atoms with E-state index in [4.69, 9.17) is 0 Å². The van der Waals surface area contributed by atoms with E-state index in [1.165, 1.54) is 0 Å². The summed E-state index contributed by atoms with van der Waals surface area (Å²) in [5.74, 6) is 0.0566. The van der Waals surface area contributed by atoms with Crippen molar-refractivity contribution in [2.24, 2.45) is 0 Å². The first-order chi connectivity index (χ1) is 5.58. The van der Waals surface area contributed by atoms with Crippen LogP contribution >= 0.6 is 0 Å². The summed E-state index contributed by atoms with van der Waals surface area (Å²) < 4.78 is 25.3. The highest BCUT2D eigenvalue weighted by Crippen LogP contribution is 2.26. The lowest BCUT2D eigenvalue weighted by atomic mass is 9.98. The van der Waals surface area contributed by atoms with Gasteiger partial charge in [0.1, 0.15) is 5.78 Å². The number of ketones is 1. The summed E-state index contributed by atoms with van der Waals surface area (Å²) in [6, 6.07) is 0.158. The van der Waals surface area contributed by atoms with Crippen LogP contribution in [0.5, 0.6) is 0 Å². The smallest absolute Gasteiger partial charge is 0.215 e. The molecular formula is C7H11NO3S. The third-order valence-electron chi connectivity index (χ3n) is 2.26. The summed E-state index contributed by atoms with van der Waals surface area (Å²) in [6.45, 7) is 0. The van der Waals surface area contributed by atoms with Crippen LogP contribution in [0, 0.1) is 0 Å². The Morgan fingerprint density at radius 1 is 1.25 bits per heavy atom. The summed E-state index contributed by atoms with van der Waals surface area (Å²) in [5.41, 5.74) is 0. The van der Waals surface area contributed by atoms with Gasteiger partial charge in [-0.15, -0.1) is 0 Å². The minimum Gasteiger partial charge on any atom is -0.300 e. The Kier molecular flexibility index (Phi) is 1.73. The van der Waals surface area contributed by atoms with Crippen LogP contribution in [-0.4, -0.2) is 25.5 Å². The molecule has 0 heterocycles. The minimum absolute atomic E-state index is 0.0566. The molecule has 68 valence electrons. The molecule has 2 aliphatic carbocycles. The van der Waals surface area contributed by atoms with Gasteiger partial charge in [0.2, 0.25) is 10.0 Å². The van der Waals surface area contributed by atoms with Gasteiger partial charge in [0.15, 0.2) is 0 Å². The molecular weight excluding hydrogens is 178 g/mol. The van der Waals surface area contributed by atoms with Gasteiger partial charge in [-0.05, 0) is 12.8 Å². The van der Waals surface area contributed by atoms with Crippen LogP contribution in [0.25, 0.3) is 0 Å². The van der Waals surface area contributed by atoms with Crippen LogP contribution in [0.2, 0.25) is 0 Å². The van der Waals surface area contributed by atoms with Gasteiger partial charge in [-0.2, -0.15) is 0 Å². The Bertz CT molecular complexity index is 297. The van der Waals surface area contributed by atoms with Gasteiger partial charge in [0, 0.05) is 18.9 Å². The van der Waals surface area contributed by atoms with Gasteiger partial charge in [0.25, 0.3) is 0 Å². The first kappa shape index (κ1) is 8.19.